The molecule has 3 aliphatic heterocycles. The fraction of sp³-hybridized carbons (Fsp3) is 0.663. The fourth-order valence-corrected chi connectivity index (χ4v) is 20.1. The lowest BCUT2D eigenvalue weighted by Crippen LogP contribution is -2.35. The summed E-state index contributed by atoms with van der Waals surface area (Å²) >= 11 is 7.52. The van der Waals surface area contributed by atoms with Gasteiger partial charge in [-0.3, -0.25) is 9.59 Å². The summed E-state index contributed by atoms with van der Waals surface area (Å²) in [6.07, 6.45) is 53.4. The number of hydrogen-bond acceptors (Lipinski definition) is 6. The normalized spacial score (nSPS) is 17.2. The van der Waals surface area contributed by atoms with Crippen molar-refractivity contribution in [1.29, 1.82) is 0 Å². The molecule has 7 heterocycles. The molecule has 91 heavy (non-hydrogen) atoms. The summed E-state index contributed by atoms with van der Waals surface area (Å²) in [5.41, 5.74) is 3.87. The first-order valence-corrected chi connectivity index (χ1v) is 41.3. The second-order valence-corrected chi connectivity index (χ2v) is 34.6. The molecule has 6 aromatic rings. The van der Waals surface area contributed by atoms with Gasteiger partial charge in [0.15, 0.2) is 0 Å². The van der Waals surface area contributed by atoms with Crippen LogP contribution in [0.1, 0.15) is 338 Å². The number of nitrogens with zero attached hydrogens (tertiary/aromatic N) is 2. The molecule has 4 aromatic heterocycles. The molecule has 500 valence electrons. The number of unbranched alkanes of at least 4 members (excludes halogenated alkanes) is 25. The van der Waals surface area contributed by atoms with Crippen molar-refractivity contribution in [2.24, 2.45) is 11.8 Å². The maximum Gasteiger partial charge on any atom is 0.260 e. The van der Waals surface area contributed by atoms with E-state index in [0.29, 0.717) is 11.8 Å². The molecule has 2 atom stereocenters. The van der Waals surface area contributed by atoms with Crippen molar-refractivity contribution in [3.8, 4) is 9.75 Å². The van der Waals surface area contributed by atoms with Crippen LogP contribution in [0.15, 0.2) is 60.7 Å². The van der Waals surface area contributed by atoms with Crippen molar-refractivity contribution in [3.63, 3.8) is 0 Å². The van der Waals surface area contributed by atoms with Crippen LogP contribution in [0, 0.1) is 11.8 Å². The molecule has 0 radical (unpaired) electrons. The zero-order valence-electron chi connectivity index (χ0n) is 58.7. The van der Waals surface area contributed by atoms with E-state index in [1.165, 1.54) is 284 Å². The number of benzene rings is 2. The molecule has 2 amide bonds. The predicted molar refractivity (Wildman–Crippen MR) is 405 cm³/mol. The van der Waals surface area contributed by atoms with Gasteiger partial charge in [0.25, 0.3) is 11.8 Å². The topological polar surface area (TPSA) is 40.6 Å². The molecule has 0 spiro atoms. The predicted octanol–water partition coefficient (Wildman–Crippen LogP) is 25.9. The van der Waals surface area contributed by atoms with Crippen molar-refractivity contribution in [3.05, 3.63) is 90.6 Å². The Morgan fingerprint density at radius 3 is 1.54 bits per heavy atom. The van der Waals surface area contributed by atoms with Gasteiger partial charge in [-0.15, -0.1) is 45.3 Å². The van der Waals surface area contributed by atoms with E-state index in [0.717, 1.165) is 75.1 Å². The highest BCUT2D eigenvalue weighted by molar-refractivity contribution is 7.30. The molecule has 0 saturated carbocycles. The largest absolute Gasteiger partial charge is 0.307 e. The minimum Gasteiger partial charge on any atom is -0.307 e. The van der Waals surface area contributed by atoms with E-state index >= 15 is 9.59 Å². The molecule has 0 aliphatic carbocycles. The number of amides is 2. The number of rotatable bonds is 35. The van der Waals surface area contributed by atoms with Crippen LogP contribution < -0.4 is 20.2 Å². The zero-order chi connectivity index (χ0) is 64.0. The molecular formula is C83H122N2O2S4. The standard InChI is InChI=1S/C83H122N2O2S4/c1-9-12-15-18-21-24-26-31-36-41-46-62-47-43-38-33-28-29-34-39-44-55-83(7,8)74-54-53-72(89-74)77-67-59-68-66(58-69(67)85(81(77)87)61-63(45-40-35-30-23-20-17-14-11-3)48-42-37-32-27-25-22-19-16-13-10-2)76(80(86)84(68)60-62)71-52-51-70(88-71)73-56-64-49-50-65-57-75(82(4,5)6)91-79(65)78(64)90-73/h49-54,56-59,62-63H,9-48,55,60-61H2,1-8H3. The van der Waals surface area contributed by atoms with Gasteiger partial charge in [0, 0.05) is 52.8 Å². The number of thiophene rings is 4. The molecule has 0 fully saturated rings. The average molecular weight is 1310 g/mol. The van der Waals surface area contributed by atoms with Gasteiger partial charge in [0.05, 0.1) is 31.9 Å². The Labute approximate surface area is 570 Å². The lowest BCUT2D eigenvalue weighted by atomic mass is 9.85. The lowest BCUT2D eigenvalue weighted by Gasteiger charge is -2.27. The highest BCUT2D eigenvalue weighted by atomic mass is 32.1. The van der Waals surface area contributed by atoms with Crippen LogP contribution in [-0.4, -0.2) is 24.9 Å². The van der Waals surface area contributed by atoms with Gasteiger partial charge in [-0.25, -0.2) is 0 Å². The number of carbonyl (C=O) groups excluding carboxylic acids is 2. The first kappa shape index (κ1) is 71.7. The lowest BCUT2D eigenvalue weighted by molar-refractivity contribution is -0.114. The molecule has 2 aromatic carbocycles. The SMILES string of the molecule is CCCCCCCCCCCCC1CCCCCCCCCCC(C)(C)c2ccc(s2)C2=c3cc4c(cc3N(CC(CCCCCCCCCC)CCCCCCCCCCCC)C2=O)=C(c2ccc(-c3cc5ccc6cc(C(C)(C)C)sc6c5s3)s2)C(=O)N4C1. The van der Waals surface area contributed by atoms with E-state index in [-0.39, 0.29) is 22.6 Å². The van der Waals surface area contributed by atoms with E-state index in [1.54, 1.807) is 11.3 Å². The van der Waals surface area contributed by atoms with Crippen LogP contribution >= 0.6 is 45.3 Å². The highest BCUT2D eigenvalue weighted by Gasteiger charge is 2.39. The first-order chi connectivity index (χ1) is 44.3. The van der Waals surface area contributed by atoms with E-state index in [1.807, 2.05) is 34.0 Å². The van der Waals surface area contributed by atoms with Crippen molar-refractivity contribution in [2.75, 3.05) is 22.9 Å². The van der Waals surface area contributed by atoms with E-state index in [2.05, 4.69) is 126 Å². The van der Waals surface area contributed by atoms with Crippen LogP contribution in [0.2, 0.25) is 0 Å². The molecule has 4 bridgehead atoms. The fourth-order valence-electron chi connectivity index (χ4n) is 15.3. The van der Waals surface area contributed by atoms with E-state index in [4.69, 9.17) is 0 Å². The third-order valence-corrected chi connectivity index (χ3v) is 26.8. The minimum atomic E-state index is 0.0260. The Kier molecular flexibility index (Phi) is 28.8. The maximum atomic E-state index is 16.1. The van der Waals surface area contributed by atoms with Crippen LogP contribution in [0.3, 0.4) is 0 Å². The van der Waals surface area contributed by atoms with Crippen molar-refractivity contribution in [2.45, 2.75) is 329 Å². The molecule has 0 N–H and O–H groups in total. The van der Waals surface area contributed by atoms with Crippen LogP contribution in [-0.2, 0) is 20.4 Å². The van der Waals surface area contributed by atoms with Gasteiger partial charge in [-0.2, -0.15) is 0 Å². The van der Waals surface area contributed by atoms with Crippen molar-refractivity contribution in [1.82, 2.24) is 0 Å². The summed E-state index contributed by atoms with van der Waals surface area (Å²) in [6, 6.07) is 23.3. The Morgan fingerprint density at radius 1 is 0.473 bits per heavy atom. The Bertz CT molecular complexity index is 3320. The summed E-state index contributed by atoms with van der Waals surface area (Å²) in [5.74, 6) is 1.17. The van der Waals surface area contributed by atoms with Gasteiger partial charge >= 0.3 is 0 Å². The number of carbonyl (C=O) groups is 2. The van der Waals surface area contributed by atoms with Crippen molar-refractivity contribution < 1.29 is 9.59 Å². The van der Waals surface area contributed by atoms with Gasteiger partial charge in [0.1, 0.15) is 0 Å². The molecule has 2 unspecified atom stereocenters. The Balaban J connectivity index is 1.10. The second-order valence-electron chi connectivity index (χ2n) is 30.4. The van der Waals surface area contributed by atoms with Crippen LogP contribution in [0.5, 0.6) is 0 Å². The van der Waals surface area contributed by atoms with E-state index < -0.39 is 0 Å². The average Bonchev–Trinajstić information content (AvgIpc) is 1.59. The Hall–Kier alpha value is -3.56. The quantitative estimate of drug-likeness (QED) is 0.0372. The van der Waals surface area contributed by atoms with Gasteiger partial charge in [-0.05, 0) is 114 Å². The van der Waals surface area contributed by atoms with Gasteiger partial charge in [-0.1, -0.05) is 299 Å². The monoisotopic (exact) mass is 1310 g/mol. The molecule has 0 saturated heterocycles. The summed E-state index contributed by atoms with van der Waals surface area (Å²) < 4.78 is 2.75. The van der Waals surface area contributed by atoms with Gasteiger partial charge < -0.3 is 9.80 Å². The molecule has 9 rings (SSSR count). The zero-order valence-corrected chi connectivity index (χ0v) is 61.9. The number of hydrogen-bond donors (Lipinski definition) is 0. The molecular weight excluding hydrogens is 1190 g/mol. The smallest absolute Gasteiger partial charge is 0.260 e. The summed E-state index contributed by atoms with van der Waals surface area (Å²) in [5, 5.41) is 4.70. The number of fused-ring (bicyclic) bond motifs is 6. The summed E-state index contributed by atoms with van der Waals surface area (Å²) in [7, 11) is 0. The summed E-state index contributed by atoms with van der Waals surface area (Å²) in [6.45, 7) is 20.2. The first-order valence-electron chi connectivity index (χ1n) is 38.0. The highest BCUT2D eigenvalue weighted by Crippen LogP contribution is 2.46. The second kappa shape index (κ2) is 36.5. The van der Waals surface area contributed by atoms with Crippen LogP contribution in [0.25, 0.3) is 41.1 Å². The summed E-state index contributed by atoms with van der Waals surface area (Å²) in [4.78, 5) is 44.0. The Morgan fingerprint density at radius 2 is 0.945 bits per heavy atom. The minimum absolute atomic E-state index is 0.0260. The van der Waals surface area contributed by atoms with E-state index in [9.17, 15) is 0 Å². The molecule has 8 heteroatoms. The molecule has 4 nitrogen and oxygen atoms in total. The van der Waals surface area contributed by atoms with Crippen molar-refractivity contribution >= 4 is 99.9 Å². The third kappa shape index (κ3) is 20.0. The van der Waals surface area contributed by atoms with Gasteiger partial charge in [0.2, 0.25) is 0 Å². The molecule has 3 aliphatic rings. The maximum absolute atomic E-state index is 16.1. The third-order valence-electron chi connectivity index (χ3n) is 21.1. The van der Waals surface area contributed by atoms with Crippen LogP contribution in [0.4, 0.5) is 11.4 Å². The number of anilines is 2.